The number of aliphatic hydroxyl groups excluding tert-OH is 1. The van der Waals surface area contributed by atoms with Crippen molar-refractivity contribution < 1.29 is 14.2 Å². The summed E-state index contributed by atoms with van der Waals surface area (Å²) in [5, 5.41) is 8.65. The van der Waals surface area contributed by atoms with Crippen LogP contribution in [0.1, 0.15) is 6.42 Å². The van der Waals surface area contributed by atoms with E-state index in [0.29, 0.717) is 6.54 Å². The molecule has 0 aromatic rings. The molecule has 1 atom stereocenters. The lowest BCUT2D eigenvalue weighted by Gasteiger charge is -2.13. The van der Waals surface area contributed by atoms with Gasteiger partial charge in [0.2, 0.25) is 0 Å². The standard InChI is InChI=1S/C8H16FNO2/c9-2-6-12-8-1-3-10(7-8)4-5-11/h8,11H,1-7H2/t8-/m1/s1. The molecule has 1 aliphatic rings. The van der Waals surface area contributed by atoms with Gasteiger partial charge in [-0.05, 0) is 6.42 Å². The Balaban J connectivity index is 2.08. The molecule has 0 aromatic heterocycles. The Morgan fingerprint density at radius 2 is 2.42 bits per heavy atom. The van der Waals surface area contributed by atoms with Crippen molar-refractivity contribution in [2.45, 2.75) is 12.5 Å². The first-order valence-corrected chi connectivity index (χ1v) is 4.37. The zero-order valence-electron chi connectivity index (χ0n) is 7.21. The number of rotatable bonds is 5. The summed E-state index contributed by atoms with van der Waals surface area (Å²) in [4.78, 5) is 2.13. The molecular formula is C8H16FNO2. The van der Waals surface area contributed by atoms with Gasteiger partial charge in [0.05, 0.1) is 19.3 Å². The van der Waals surface area contributed by atoms with E-state index in [1.807, 2.05) is 0 Å². The van der Waals surface area contributed by atoms with E-state index in [0.717, 1.165) is 19.5 Å². The predicted octanol–water partition coefficient (Wildman–Crippen LogP) is 0.0391. The van der Waals surface area contributed by atoms with Gasteiger partial charge >= 0.3 is 0 Å². The maximum Gasteiger partial charge on any atom is 0.113 e. The van der Waals surface area contributed by atoms with Crippen molar-refractivity contribution in [3.8, 4) is 0 Å². The van der Waals surface area contributed by atoms with Crippen LogP contribution in [-0.4, -0.2) is 55.6 Å². The van der Waals surface area contributed by atoms with E-state index in [9.17, 15) is 4.39 Å². The number of likely N-dealkylation sites (tertiary alicyclic amines) is 1. The maximum atomic E-state index is 11.7. The summed E-state index contributed by atoms with van der Waals surface area (Å²) in [7, 11) is 0. The molecule has 72 valence electrons. The third-order valence-electron chi connectivity index (χ3n) is 2.08. The Bertz CT molecular complexity index is 124. The average Bonchev–Trinajstić information content (AvgIpc) is 2.50. The summed E-state index contributed by atoms with van der Waals surface area (Å²) in [6, 6.07) is 0. The smallest absolute Gasteiger partial charge is 0.113 e. The first-order chi connectivity index (χ1) is 5.86. The van der Waals surface area contributed by atoms with E-state index in [4.69, 9.17) is 9.84 Å². The van der Waals surface area contributed by atoms with Crippen LogP contribution in [0.3, 0.4) is 0 Å². The zero-order valence-corrected chi connectivity index (χ0v) is 7.21. The minimum Gasteiger partial charge on any atom is -0.395 e. The molecule has 0 aromatic carbocycles. The lowest BCUT2D eigenvalue weighted by molar-refractivity contribution is 0.0489. The van der Waals surface area contributed by atoms with Crippen LogP contribution < -0.4 is 0 Å². The highest BCUT2D eigenvalue weighted by molar-refractivity contribution is 4.75. The van der Waals surface area contributed by atoms with Gasteiger partial charge in [-0.15, -0.1) is 0 Å². The van der Waals surface area contributed by atoms with Crippen molar-refractivity contribution in [3.05, 3.63) is 0 Å². The summed E-state index contributed by atoms with van der Waals surface area (Å²) in [6.07, 6.45) is 1.13. The second kappa shape index (κ2) is 5.45. The summed E-state index contributed by atoms with van der Waals surface area (Å²) in [6.45, 7) is 2.48. The monoisotopic (exact) mass is 177 g/mol. The average molecular weight is 177 g/mol. The van der Waals surface area contributed by atoms with Gasteiger partial charge in [-0.25, -0.2) is 4.39 Å². The number of halogens is 1. The number of nitrogens with zero attached hydrogens (tertiary/aromatic N) is 1. The number of hydrogen-bond donors (Lipinski definition) is 1. The molecule has 3 nitrogen and oxygen atoms in total. The van der Waals surface area contributed by atoms with E-state index in [1.165, 1.54) is 0 Å². The van der Waals surface area contributed by atoms with E-state index >= 15 is 0 Å². The van der Waals surface area contributed by atoms with Crippen molar-refractivity contribution in [2.24, 2.45) is 0 Å². The molecule has 0 saturated carbocycles. The molecule has 0 bridgehead atoms. The number of hydrogen-bond acceptors (Lipinski definition) is 3. The third kappa shape index (κ3) is 3.05. The number of ether oxygens (including phenoxy) is 1. The van der Waals surface area contributed by atoms with Crippen molar-refractivity contribution in [2.75, 3.05) is 39.5 Å². The van der Waals surface area contributed by atoms with Crippen molar-refractivity contribution in [3.63, 3.8) is 0 Å². The van der Waals surface area contributed by atoms with Crippen LogP contribution in [0.25, 0.3) is 0 Å². The molecule has 0 spiro atoms. The lowest BCUT2D eigenvalue weighted by atomic mass is 10.3. The second-order valence-electron chi connectivity index (χ2n) is 2.99. The molecule has 1 rings (SSSR count). The first-order valence-electron chi connectivity index (χ1n) is 4.37. The Labute approximate surface area is 72.1 Å². The summed E-state index contributed by atoms with van der Waals surface area (Å²) in [5.74, 6) is 0. The van der Waals surface area contributed by atoms with Crippen LogP contribution in [0.2, 0.25) is 0 Å². The van der Waals surface area contributed by atoms with Crippen LogP contribution >= 0.6 is 0 Å². The minimum atomic E-state index is -0.406. The van der Waals surface area contributed by atoms with Crippen molar-refractivity contribution >= 4 is 0 Å². The van der Waals surface area contributed by atoms with Crippen molar-refractivity contribution in [1.82, 2.24) is 4.90 Å². The van der Waals surface area contributed by atoms with E-state index in [-0.39, 0.29) is 19.3 Å². The van der Waals surface area contributed by atoms with Crippen molar-refractivity contribution in [1.29, 1.82) is 0 Å². The van der Waals surface area contributed by atoms with Crippen LogP contribution in [-0.2, 0) is 4.74 Å². The SMILES string of the molecule is OCCN1CC[C@@H](OCCF)C1. The van der Waals surface area contributed by atoms with Gasteiger partial charge in [0.1, 0.15) is 6.67 Å². The molecule has 0 amide bonds. The normalized spacial score (nSPS) is 25.0. The van der Waals surface area contributed by atoms with Gasteiger partial charge in [0.25, 0.3) is 0 Å². The van der Waals surface area contributed by atoms with E-state index in [1.54, 1.807) is 0 Å². The molecule has 12 heavy (non-hydrogen) atoms. The number of β-amino-alcohol motifs (C(OH)–C–C–N with tert-alkyl or cyclic N) is 1. The second-order valence-corrected chi connectivity index (χ2v) is 2.99. The molecule has 1 fully saturated rings. The maximum absolute atomic E-state index is 11.7. The fourth-order valence-electron chi connectivity index (χ4n) is 1.49. The number of alkyl halides is 1. The van der Waals surface area contributed by atoms with Gasteiger partial charge in [-0.3, -0.25) is 4.90 Å². The molecule has 4 heteroatoms. The molecular weight excluding hydrogens is 161 g/mol. The van der Waals surface area contributed by atoms with Gasteiger partial charge in [-0.2, -0.15) is 0 Å². The fraction of sp³-hybridized carbons (Fsp3) is 1.00. The zero-order chi connectivity index (χ0) is 8.81. The van der Waals surface area contributed by atoms with Crippen LogP contribution in [0.15, 0.2) is 0 Å². The molecule has 0 radical (unpaired) electrons. The molecule has 1 saturated heterocycles. The van der Waals surface area contributed by atoms with Gasteiger partial charge in [-0.1, -0.05) is 0 Å². The van der Waals surface area contributed by atoms with Crippen LogP contribution in [0.5, 0.6) is 0 Å². The summed E-state index contributed by atoms with van der Waals surface area (Å²) < 4.78 is 16.9. The molecule has 0 aliphatic carbocycles. The van der Waals surface area contributed by atoms with E-state index in [2.05, 4.69) is 4.90 Å². The Morgan fingerprint density at radius 1 is 1.58 bits per heavy atom. The Hall–Kier alpha value is -0.190. The van der Waals surface area contributed by atoms with Crippen LogP contribution in [0, 0.1) is 0 Å². The fourth-order valence-corrected chi connectivity index (χ4v) is 1.49. The highest BCUT2D eigenvalue weighted by Crippen LogP contribution is 2.11. The topological polar surface area (TPSA) is 32.7 Å². The summed E-state index contributed by atoms with van der Waals surface area (Å²) >= 11 is 0. The van der Waals surface area contributed by atoms with Gasteiger partial charge < -0.3 is 9.84 Å². The van der Waals surface area contributed by atoms with E-state index < -0.39 is 6.67 Å². The van der Waals surface area contributed by atoms with Gasteiger partial charge in [0, 0.05) is 19.6 Å². The largest absolute Gasteiger partial charge is 0.395 e. The highest BCUT2D eigenvalue weighted by Gasteiger charge is 2.21. The first kappa shape index (κ1) is 9.89. The Morgan fingerprint density at radius 3 is 3.08 bits per heavy atom. The molecule has 1 aliphatic heterocycles. The molecule has 1 N–H and O–H groups in total. The molecule has 0 unspecified atom stereocenters. The number of aliphatic hydroxyl groups is 1. The minimum absolute atomic E-state index is 0.173. The summed E-state index contributed by atoms with van der Waals surface area (Å²) in [5.41, 5.74) is 0. The Kier molecular flexibility index (Phi) is 4.50. The van der Waals surface area contributed by atoms with Crippen LogP contribution in [0.4, 0.5) is 4.39 Å². The third-order valence-corrected chi connectivity index (χ3v) is 2.08. The van der Waals surface area contributed by atoms with Gasteiger partial charge in [0.15, 0.2) is 0 Å². The quantitative estimate of drug-likeness (QED) is 0.643. The highest BCUT2D eigenvalue weighted by atomic mass is 19.1. The lowest BCUT2D eigenvalue weighted by Crippen LogP contribution is -2.26. The predicted molar refractivity (Wildman–Crippen MR) is 43.9 cm³/mol. The molecule has 1 heterocycles.